The zero-order valence-corrected chi connectivity index (χ0v) is 17.1. The number of piperidine rings is 1. The van der Waals surface area contributed by atoms with Crippen molar-refractivity contribution in [3.63, 3.8) is 0 Å². The molecular weight excluding hydrogens is 407 g/mol. The van der Waals surface area contributed by atoms with Crippen LogP contribution in [0.25, 0.3) is 5.82 Å². The molecule has 1 aliphatic heterocycles. The molecule has 29 heavy (non-hydrogen) atoms. The van der Waals surface area contributed by atoms with Crippen LogP contribution in [0.1, 0.15) is 54.2 Å². The number of halogens is 4. The fourth-order valence-corrected chi connectivity index (χ4v) is 3.38. The third kappa shape index (κ3) is 5.48. The van der Waals surface area contributed by atoms with E-state index in [9.17, 15) is 18.0 Å². The van der Waals surface area contributed by atoms with Gasteiger partial charge in [-0.2, -0.15) is 18.3 Å². The van der Waals surface area contributed by atoms with Crippen molar-refractivity contribution in [1.82, 2.24) is 25.4 Å². The predicted molar refractivity (Wildman–Crippen MR) is 106 cm³/mol. The average Bonchev–Trinajstić information content (AvgIpc) is 3.12. The lowest BCUT2D eigenvalue weighted by atomic mass is 9.99. The van der Waals surface area contributed by atoms with Gasteiger partial charge in [-0.3, -0.25) is 4.79 Å². The smallest absolute Gasteiger partial charge is 0.352 e. The molecule has 10 heteroatoms. The first-order chi connectivity index (χ1) is 13.3. The molecule has 1 atom stereocenters. The molecule has 0 radical (unpaired) electrons. The molecule has 1 unspecified atom stereocenters. The predicted octanol–water partition coefficient (Wildman–Crippen LogP) is 3.56. The molecule has 0 spiro atoms. The van der Waals surface area contributed by atoms with Crippen molar-refractivity contribution in [2.24, 2.45) is 5.92 Å². The Morgan fingerprint density at radius 1 is 1.34 bits per heavy atom. The molecule has 1 amide bonds. The largest absolute Gasteiger partial charge is 0.417 e. The Hall–Kier alpha value is -2.13. The third-order valence-corrected chi connectivity index (χ3v) is 4.84. The van der Waals surface area contributed by atoms with Crippen molar-refractivity contribution in [1.29, 1.82) is 0 Å². The van der Waals surface area contributed by atoms with Crippen LogP contribution in [0.2, 0.25) is 0 Å². The molecule has 0 aliphatic carbocycles. The fraction of sp³-hybridized carbons (Fsp3) is 0.526. The molecule has 0 saturated carbocycles. The number of hydrogen-bond acceptors (Lipinski definition) is 4. The molecule has 2 aromatic heterocycles. The fourth-order valence-electron chi connectivity index (χ4n) is 3.38. The number of hydrogen-bond donors (Lipinski definition) is 2. The van der Waals surface area contributed by atoms with Crippen LogP contribution in [-0.2, 0) is 6.18 Å². The highest BCUT2D eigenvalue weighted by Gasteiger charge is 2.31. The van der Waals surface area contributed by atoms with E-state index in [1.165, 1.54) is 16.9 Å². The maximum Gasteiger partial charge on any atom is 0.417 e. The minimum atomic E-state index is -4.45. The molecule has 1 aliphatic rings. The van der Waals surface area contributed by atoms with Gasteiger partial charge in [0, 0.05) is 12.7 Å². The van der Waals surface area contributed by atoms with Crippen molar-refractivity contribution in [3.05, 3.63) is 41.3 Å². The summed E-state index contributed by atoms with van der Waals surface area (Å²) in [6.45, 7) is 6.27. The normalized spacial score (nSPS) is 17.1. The summed E-state index contributed by atoms with van der Waals surface area (Å²) < 4.78 is 39.7. The Kier molecular flexibility index (Phi) is 7.65. The molecule has 2 N–H and O–H groups in total. The summed E-state index contributed by atoms with van der Waals surface area (Å²) in [6, 6.07) is 2.22. The van der Waals surface area contributed by atoms with Crippen molar-refractivity contribution in [2.75, 3.05) is 19.6 Å². The maximum atomic E-state index is 12.8. The number of pyridine rings is 1. The molecule has 3 rings (SSSR count). The quantitative estimate of drug-likeness (QED) is 0.759. The summed E-state index contributed by atoms with van der Waals surface area (Å²) in [6.07, 6.45) is -0.0655. The van der Waals surface area contributed by atoms with Gasteiger partial charge in [-0.05, 0) is 49.9 Å². The molecule has 1 fully saturated rings. The van der Waals surface area contributed by atoms with Crippen LogP contribution in [0.3, 0.4) is 0 Å². The van der Waals surface area contributed by atoms with Crippen LogP contribution in [0, 0.1) is 5.92 Å². The zero-order valence-electron chi connectivity index (χ0n) is 16.3. The highest BCUT2D eigenvalue weighted by atomic mass is 35.5. The summed E-state index contributed by atoms with van der Waals surface area (Å²) in [5.41, 5.74) is 0.209. The number of alkyl halides is 3. The highest BCUT2D eigenvalue weighted by molar-refractivity contribution is 5.95. The van der Waals surface area contributed by atoms with E-state index in [1.54, 1.807) is 0 Å². The molecule has 0 aromatic carbocycles. The number of carbonyl (C=O) groups excluding carboxylic acids is 1. The second-order valence-corrected chi connectivity index (χ2v) is 7.34. The SMILES string of the molecule is CC(C)c1c(C(=O)NCC2CCCNC2)cnn1-c1ccc(C(F)(F)F)cn1.Cl. The Balaban J connectivity index is 0.00000300. The Morgan fingerprint density at radius 2 is 2.10 bits per heavy atom. The maximum absolute atomic E-state index is 12.8. The molecule has 0 bridgehead atoms. The van der Waals surface area contributed by atoms with Gasteiger partial charge in [0.1, 0.15) is 0 Å². The minimum absolute atomic E-state index is 0. The van der Waals surface area contributed by atoms with E-state index in [-0.39, 0.29) is 30.0 Å². The molecule has 160 valence electrons. The van der Waals surface area contributed by atoms with Gasteiger partial charge >= 0.3 is 6.18 Å². The molecule has 6 nitrogen and oxygen atoms in total. The Morgan fingerprint density at radius 3 is 2.66 bits per heavy atom. The number of carbonyl (C=O) groups is 1. The van der Waals surface area contributed by atoms with Gasteiger partial charge in [-0.1, -0.05) is 13.8 Å². The molecular formula is C19H25ClF3N5O. The number of aromatic nitrogens is 3. The van der Waals surface area contributed by atoms with Crippen LogP contribution >= 0.6 is 12.4 Å². The van der Waals surface area contributed by atoms with Gasteiger partial charge in [-0.15, -0.1) is 12.4 Å². The Bertz CT molecular complexity index is 814. The van der Waals surface area contributed by atoms with E-state index in [0.717, 1.165) is 38.2 Å². The van der Waals surface area contributed by atoms with Crippen LogP contribution in [0.5, 0.6) is 0 Å². The zero-order chi connectivity index (χ0) is 20.3. The van der Waals surface area contributed by atoms with Gasteiger partial charge in [0.05, 0.1) is 23.0 Å². The summed E-state index contributed by atoms with van der Waals surface area (Å²) in [5, 5.41) is 10.5. The summed E-state index contributed by atoms with van der Waals surface area (Å²) in [5.74, 6) is 0.343. The van der Waals surface area contributed by atoms with Gasteiger partial charge < -0.3 is 10.6 Å². The topological polar surface area (TPSA) is 71.8 Å². The number of amides is 1. The van der Waals surface area contributed by atoms with Crippen molar-refractivity contribution >= 4 is 18.3 Å². The number of nitrogens with zero attached hydrogens (tertiary/aromatic N) is 3. The van der Waals surface area contributed by atoms with Crippen LogP contribution < -0.4 is 10.6 Å². The van der Waals surface area contributed by atoms with Crippen molar-refractivity contribution in [3.8, 4) is 5.82 Å². The first-order valence-corrected chi connectivity index (χ1v) is 9.38. The standard InChI is InChI=1S/C19H24F3N5O.ClH/c1-12(2)17-15(18(28)25-9-13-4-3-7-23-8-13)11-26-27(17)16-6-5-14(10-24-16)19(20,21)22;/h5-6,10-13,23H,3-4,7-9H2,1-2H3,(H,25,28);1H. The van der Waals surface area contributed by atoms with Crippen molar-refractivity contribution in [2.45, 2.75) is 38.8 Å². The highest BCUT2D eigenvalue weighted by Crippen LogP contribution is 2.29. The van der Waals surface area contributed by atoms with E-state index in [1.807, 2.05) is 13.8 Å². The lowest BCUT2D eigenvalue weighted by Crippen LogP contribution is -2.38. The first kappa shape index (κ1) is 23.2. The van der Waals surface area contributed by atoms with E-state index in [2.05, 4.69) is 20.7 Å². The minimum Gasteiger partial charge on any atom is -0.352 e. The van der Waals surface area contributed by atoms with Gasteiger partial charge in [-0.25, -0.2) is 9.67 Å². The lowest BCUT2D eigenvalue weighted by Gasteiger charge is -2.23. The van der Waals surface area contributed by atoms with Crippen molar-refractivity contribution < 1.29 is 18.0 Å². The first-order valence-electron chi connectivity index (χ1n) is 9.38. The second kappa shape index (κ2) is 9.58. The summed E-state index contributed by atoms with van der Waals surface area (Å²) in [7, 11) is 0. The van der Waals surface area contributed by atoms with E-state index >= 15 is 0 Å². The Labute approximate surface area is 173 Å². The third-order valence-electron chi connectivity index (χ3n) is 4.84. The van der Waals surface area contributed by atoms with Crippen LogP contribution in [0.4, 0.5) is 13.2 Å². The summed E-state index contributed by atoms with van der Waals surface area (Å²) >= 11 is 0. The van der Waals surface area contributed by atoms with E-state index in [4.69, 9.17) is 0 Å². The van der Waals surface area contributed by atoms with Gasteiger partial charge in [0.25, 0.3) is 5.91 Å². The number of rotatable bonds is 5. The molecule has 1 saturated heterocycles. The lowest BCUT2D eigenvalue weighted by molar-refractivity contribution is -0.137. The monoisotopic (exact) mass is 431 g/mol. The van der Waals surface area contributed by atoms with Gasteiger partial charge in [0.2, 0.25) is 0 Å². The average molecular weight is 432 g/mol. The molecule has 3 heterocycles. The summed E-state index contributed by atoms with van der Waals surface area (Å²) in [4.78, 5) is 16.6. The van der Waals surface area contributed by atoms with Gasteiger partial charge in [0.15, 0.2) is 5.82 Å². The van der Waals surface area contributed by atoms with E-state index in [0.29, 0.717) is 23.7 Å². The molecule has 2 aromatic rings. The van der Waals surface area contributed by atoms with E-state index < -0.39 is 11.7 Å². The number of nitrogens with one attached hydrogen (secondary N) is 2. The second-order valence-electron chi connectivity index (χ2n) is 7.34. The van der Waals surface area contributed by atoms with Crippen LogP contribution in [-0.4, -0.2) is 40.3 Å². The van der Waals surface area contributed by atoms with Crippen LogP contribution in [0.15, 0.2) is 24.5 Å².